The number of aliphatic imine (C=N–C) groups is 1. The predicted molar refractivity (Wildman–Crippen MR) is 92.9 cm³/mol. The summed E-state index contributed by atoms with van der Waals surface area (Å²) in [5, 5.41) is 7.06. The maximum Gasteiger partial charge on any atom is 0.401 e. The van der Waals surface area contributed by atoms with Crippen molar-refractivity contribution in [1.29, 1.82) is 0 Å². The molecule has 0 aliphatic rings. The molecule has 1 atom stereocenters. The van der Waals surface area contributed by atoms with Gasteiger partial charge in [-0.25, -0.2) is 0 Å². The number of hydrogen-bond acceptors (Lipinski definition) is 2. The molecule has 24 heavy (non-hydrogen) atoms. The largest absolute Gasteiger partial charge is 0.401 e. The van der Waals surface area contributed by atoms with Crippen LogP contribution in [-0.2, 0) is 0 Å². The molecule has 0 bridgehead atoms. The first-order chi connectivity index (χ1) is 11.1. The first kappa shape index (κ1) is 20.9. The van der Waals surface area contributed by atoms with Crippen LogP contribution in [-0.4, -0.2) is 50.8 Å². The fraction of sp³-hybridized carbons (Fsp3) is 0.533. The van der Waals surface area contributed by atoms with Crippen molar-refractivity contribution in [3.63, 3.8) is 0 Å². The smallest absolute Gasteiger partial charge is 0.355 e. The Morgan fingerprint density at radius 3 is 2.50 bits per heavy atom. The molecule has 0 fully saturated rings. The maximum absolute atomic E-state index is 12.3. The molecule has 9 heteroatoms. The molecule has 0 aliphatic heterocycles. The van der Waals surface area contributed by atoms with Crippen LogP contribution >= 0.6 is 23.2 Å². The van der Waals surface area contributed by atoms with Crippen LogP contribution in [0, 0.1) is 0 Å². The zero-order valence-electron chi connectivity index (χ0n) is 13.7. The molecule has 1 rings (SSSR count). The summed E-state index contributed by atoms with van der Waals surface area (Å²) in [6.45, 7) is 1.55. The molecule has 136 valence electrons. The molecular weight excluding hydrogens is 364 g/mol. The van der Waals surface area contributed by atoms with Crippen LogP contribution in [0.4, 0.5) is 13.2 Å². The van der Waals surface area contributed by atoms with Crippen LogP contribution in [0.5, 0.6) is 0 Å². The highest BCUT2D eigenvalue weighted by Crippen LogP contribution is 2.25. The number of benzene rings is 1. The Morgan fingerprint density at radius 2 is 1.96 bits per heavy atom. The SMILES string of the molecule is CN=C(NCCN(C)CC(F)(F)F)NC(C)c1ccc(Cl)c(Cl)c1. The fourth-order valence-corrected chi connectivity index (χ4v) is 2.32. The van der Waals surface area contributed by atoms with Crippen LogP contribution in [0.25, 0.3) is 0 Å². The number of halogens is 5. The Labute approximate surface area is 150 Å². The minimum absolute atomic E-state index is 0.0983. The molecule has 1 aromatic rings. The van der Waals surface area contributed by atoms with Gasteiger partial charge in [-0.2, -0.15) is 13.2 Å². The zero-order chi connectivity index (χ0) is 18.3. The first-order valence-electron chi connectivity index (χ1n) is 7.30. The third kappa shape index (κ3) is 7.59. The van der Waals surface area contributed by atoms with Gasteiger partial charge in [0, 0.05) is 20.1 Å². The molecule has 0 heterocycles. The molecule has 0 saturated carbocycles. The Balaban J connectivity index is 2.48. The van der Waals surface area contributed by atoms with E-state index in [1.54, 1.807) is 19.2 Å². The van der Waals surface area contributed by atoms with Crippen LogP contribution in [0.1, 0.15) is 18.5 Å². The van der Waals surface area contributed by atoms with E-state index in [0.29, 0.717) is 22.5 Å². The molecule has 0 aliphatic carbocycles. The first-order valence-corrected chi connectivity index (χ1v) is 8.05. The highest BCUT2D eigenvalue weighted by Gasteiger charge is 2.28. The minimum atomic E-state index is -4.20. The lowest BCUT2D eigenvalue weighted by molar-refractivity contribution is -0.142. The molecule has 0 radical (unpaired) electrons. The number of nitrogens with one attached hydrogen (secondary N) is 2. The van der Waals surface area contributed by atoms with Gasteiger partial charge in [0.15, 0.2) is 5.96 Å². The van der Waals surface area contributed by atoms with Crippen molar-refractivity contribution in [2.75, 3.05) is 33.7 Å². The van der Waals surface area contributed by atoms with Crippen molar-refractivity contribution in [3.05, 3.63) is 33.8 Å². The van der Waals surface area contributed by atoms with E-state index in [1.807, 2.05) is 13.0 Å². The summed E-state index contributed by atoms with van der Waals surface area (Å²) >= 11 is 11.9. The van der Waals surface area contributed by atoms with Gasteiger partial charge < -0.3 is 10.6 Å². The topological polar surface area (TPSA) is 39.7 Å². The highest BCUT2D eigenvalue weighted by molar-refractivity contribution is 6.42. The molecule has 0 amide bonds. The Bertz CT molecular complexity index is 564. The van der Waals surface area contributed by atoms with Crippen molar-refractivity contribution < 1.29 is 13.2 Å². The van der Waals surface area contributed by atoms with Gasteiger partial charge in [-0.05, 0) is 31.7 Å². The molecule has 1 unspecified atom stereocenters. The van der Waals surface area contributed by atoms with Crippen molar-refractivity contribution >= 4 is 29.2 Å². The number of likely N-dealkylation sites (N-methyl/N-ethyl adjacent to an activating group) is 1. The van der Waals surface area contributed by atoms with E-state index in [4.69, 9.17) is 23.2 Å². The van der Waals surface area contributed by atoms with Gasteiger partial charge in [0.1, 0.15) is 0 Å². The number of nitrogens with zero attached hydrogens (tertiary/aromatic N) is 2. The quantitative estimate of drug-likeness (QED) is 0.579. The summed E-state index contributed by atoms with van der Waals surface area (Å²) in [5.74, 6) is 0.494. The Kier molecular flexibility index (Phi) is 8.12. The normalized spacial score (nSPS) is 14.0. The molecule has 0 saturated heterocycles. The van der Waals surface area contributed by atoms with Gasteiger partial charge in [-0.15, -0.1) is 0 Å². The van der Waals surface area contributed by atoms with Gasteiger partial charge >= 0.3 is 6.18 Å². The Hall–Kier alpha value is -1.18. The predicted octanol–water partition coefficient (Wildman–Crippen LogP) is 3.71. The summed E-state index contributed by atoms with van der Waals surface area (Å²) in [6.07, 6.45) is -4.20. The molecule has 2 N–H and O–H groups in total. The molecule has 4 nitrogen and oxygen atoms in total. The van der Waals surface area contributed by atoms with E-state index < -0.39 is 12.7 Å². The zero-order valence-corrected chi connectivity index (χ0v) is 15.2. The van der Waals surface area contributed by atoms with Crippen LogP contribution in [0.15, 0.2) is 23.2 Å². The summed E-state index contributed by atoms with van der Waals surface area (Å²) in [5.41, 5.74) is 0.918. The van der Waals surface area contributed by atoms with Crippen LogP contribution in [0.2, 0.25) is 10.0 Å². The molecular formula is C15H21Cl2F3N4. The maximum atomic E-state index is 12.3. The van der Waals surface area contributed by atoms with Gasteiger partial charge in [0.05, 0.1) is 22.6 Å². The van der Waals surface area contributed by atoms with Crippen LogP contribution in [0.3, 0.4) is 0 Å². The lowest BCUT2D eigenvalue weighted by Gasteiger charge is -2.21. The molecule has 0 aromatic heterocycles. The van der Waals surface area contributed by atoms with E-state index in [1.165, 1.54) is 11.9 Å². The lowest BCUT2D eigenvalue weighted by Crippen LogP contribution is -2.43. The third-order valence-electron chi connectivity index (χ3n) is 3.26. The molecule has 0 spiro atoms. The summed E-state index contributed by atoms with van der Waals surface area (Å²) in [6, 6.07) is 5.21. The van der Waals surface area contributed by atoms with Gasteiger partial charge in [0.25, 0.3) is 0 Å². The van der Waals surface area contributed by atoms with E-state index in [2.05, 4.69) is 15.6 Å². The van der Waals surface area contributed by atoms with Crippen molar-refractivity contribution in [1.82, 2.24) is 15.5 Å². The van der Waals surface area contributed by atoms with E-state index in [-0.39, 0.29) is 12.6 Å². The third-order valence-corrected chi connectivity index (χ3v) is 3.99. The van der Waals surface area contributed by atoms with Crippen molar-refractivity contribution in [2.45, 2.75) is 19.1 Å². The summed E-state index contributed by atoms with van der Waals surface area (Å²) in [4.78, 5) is 5.26. The summed E-state index contributed by atoms with van der Waals surface area (Å²) < 4.78 is 36.8. The second-order valence-electron chi connectivity index (χ2n) is 5.39. The van der Waals surface area contributed by atoms with Gasteiger partial charge in [-0.1, -0.05) is 29.3 Å². The average Bonchev–Trinajstić information content (AvgIpc) is 2.46. The van der Waals surface area contributed by atoms with E-state index in [9.17, 15) is 13.2 Å². The minimum Gasteiger partial charge on any atom is -0.355 e. The second kappa shape index (κ2) is 9.34. The second-order valence-corrected chi connectivity index (χ2v) is 6.21. The molecule has 1 aromatic carbocycles. The number of guanidine groups is 1. The van der Waals surface area contributed by atoms with E-state index >= 15 is 0 Å². The van der Waals surface area contributed by atoms with Gasteiger partial charge in [-0.3, -0.25) is 9.89 Å². The highest BCUT2D eigenvalue weighted by atomic mass is 35.5. The Morgan fingerprint density at radius 1 is 1.29 bits per heavy atom. The number of rotatable bonds is 6. The van der Waals surface area contributed by atoms with Crippen molar-refractivity contribution in [3.8, 4) is 0 Å². The number of alkyl halides is 3. The summed E-state index contributed by atoms with van der Waals surface area (Å²) in [7, 11) is 3.01. The lowest BCUT2D eigenvalue weighted by atomic mass is 10.1. The average molecular weight is 385 g/mol. The van der Waals surface area contributed by atoms with E-state index in [0.717, 1.165) is 5.56 Å². The number of hydrogen-bond donors (Lipinski definition) is 2. The van der Waals surface area contributed by atoms with Crippen LogP contribution < -0.4 is 10.6 Å². The standard InChI is InChI=1S/C15H21Cl2F3N4/c1-10(11-4-5-12(16)13(17)8-11)23-14(21-2)22-6-7-24(3)9-15(18,19)20/h4-5,8,10H,6-7,9H2,1-3H3,(H2,21,22,23). The monoisotopic (exact) mass is 384 g/mol. The van der Waals surface area contributed by atoms with Gasteiger partial charge in [0.2, 0.25) is 0 Å². The van der Waals surface area contributed by atoms with Crippen molar-refractivity contribution in [2.24, 2.45) is 4.99 Å². The fourth-order valence-electron chi connectivity index (χ4n) is 2.02.